The van der Waals surface area contributed by atoms with Crippen LogP contribution in [0.15, 0.2) is 47.5 Å². The molecule has 0 spiro atoms. The molecule has 0 unspecified atom stereocenters. The molecule has 0 aliphatic heterocycles. The molecule has 0 saturated carbocycles. The van der Waals surface area contributed by atoms with E-state index < -0.39 is 0 Å². The second-order valence-corrected chi connectivity index (χ2v) is 6.31. The molecule has 0 aromatic heterocycles. The minimum atomic E-state index is -0.0990. The number of aliphatic imine (C=N–C) groups is 1. The van der Waals surface area contributed by atoms with Crippen molar-refractivity contribution in [3.05, 3.63) is 53.6 Å². The molecule has 0 saturated heterocycles. The number of anilines is 1. The first-order chi connectivity index (χ1) is 14.1. The molecule has 0 heterocycles. The van der Waals surface area contributed by atoms with Gasteiger partial charge in [-0.15, -0.1) is 0 Å². The molecule has 7 nitrogen and oxygen atoms in total. The van der Waals surface area contributed by atoms with Crippen molar-refractivity contribution in [1.82, 2.24) is 10.6 Å². The molecule has 0 bridgehead atoms. The summed E-state index contributed by atoms with van der Waals surface area (Å²) in [5.74, 6) is 1.88. The maximum atomic E-state index is 12.2. The summed E-state index contributed by atoms with van der Waals surface area (Å²) in [5, 5.41) is 9.32. The SMILES string of the molecule is CCNC(=NCCNC(=O)c1cccc(C)c1)Nc1ccc(OCC)c(OC)c1. The molecule has 1 amide bonds. The van der Waals surface area contributed by atoms with Crippen molar-refractivity contribution in [2.45, 2.75) is 20.8 Å². The molecule has 29 heavy (non-hydrogen) atoms. The molecule has 156 valence electrons. The number of hydrogen-bond acceptors (Lipinski definition) is 4. The van der Waals surface area contributed by atoms with Crippen LogP contribution in [0.2, 0.25) is 0 Å². The van der Waals surface area contributed by atoms with Gasteiger partial charge in [-0.1, -0.05) is 17.7 Å². The lowest BCUT2D eigenvalue weighted by Crippen LogP contribution is -2.32. The van der Waals surface area contributed by atoms with E-state index in [0.717, 1.165) is 17.8 Å². The van der Waals surface area contributed by atoms with Gasteiger partial charge in [0.15, 0.2) is 17.5 Å². The second kappa shape index (κ2) is 11.6. The van der Waals surface area contributed by atoms with E-state index in [1.165, 1.54) is 0 Å². The normalized spacial score (nSPS) is 11.0. The van der Waals surface area contributed by atoms with Crippen LogP contribution >= 0.6 is 0 Å². The van der Waals surface area contributed by atoms with Crippen LogP contribution in [0, 0.1) is 6.92 Å². The minimum absolute atomic E-state index is 0.0990. The number of aryl methyl sites for hydroxylation is 1. The topological polar surface area (TPSA) is 84.0 Å². The Morgan fingerprint density at radius 3 is 2.59 bits per heavy atom. The van der Waals surface area contributed by atoms with E-state index in [9.17, 15) is 4.79 Å². The Bertz CT molecular complexity index is 837. The van der Waals surface area contributed by atoms with Crippen molar-refractivity contribution in [1.29, 1.82) is 0 Å². The summed E-state index contributed by atoms with van der Waals surface area (Å²) in [6, 6.07) is 13.1. The summed E-state index contributed by atoms with van der Waals surface area (Å²) >= 11 is 0. The number of benzene rings is 2. The maximum Gasteiger partial charge on any atom is 0.251 e. The van der Waals surface area contributed by atoms with E-state index in [4.69, 9.17) is 9.47 Å². The van der Waals surface area contributed by atoms with Crippen molar-refractivity contribution in [3.8, 4) is 11.5 Å². The lowest BCUT2D eigenvalue weighted by atomic mass is 10.1. The van der Waals surface area contributed by atoms with E-state index in [0.29, 0.717) is 42.7 Å². The number of ether oxygens (including phenoxy) is 2. The molecular formula is C22H30N4O3. The summed E-state index contributed by atoms with van der Waals surface area (Å²) in [6.07, 6.45) is 0. The third-order valence-corrected chi connectivity index (χ3v) is 4.02. The Balaban J connectivity index is 1.94. The molecule has 0 fully saturated rings. The number of nitrogens with zero attached hydrogens (tertiary/aromatic N) is 1. The van der Waals surface area contributed by atoms with E-state index in [-0.39, 0.29) is 5.91 Å². The highest BCUT2D eigenvalue weighted by molar-refractivity contribution is 5.95. The molecule has 2 aromatic rings. The molecule has 2 aromatic carbocycles. The first-order valence-corrected chi connectivity index (χ1v) is 9.78. The van der Waals surface area contributed by atoms with Crippen LogP contribution in [0.5, 0.6) is 11.5 Å². The zero-order valence-corrected chi connectivity index (χ0v) is 17.5. The Hall–Kier alpha value is -3.22. The third kappa shape index (κ3) is 7.03. The largest absolute Gasteiger partial charge is 0.493 e. The molecule has 3 N–H and O–H groups in total. The van der Waals surface area contributed by atoms with Gasteiger partial charge in [0, 0.05) is 30.4 Å². The molecule has 7 heteroatoms. The molecule has 2 rings (SSSR count). The fourth-order valence-corrected chi connectivity index (χ4v) is 2.69. The van der Waals surface area contributed by atoms with E-state index in [2.05, 4.69) is 20.9 Å². The first-order valence-electron chi connectivity index (χ1n) is 9.78. The quantitative estimate of drug-likeness (QED) is 0.343. The highest BCUT2D eigenvalue weighted by Crippen LogP contribution is 2.30. The van der Waals surface area contributed by atoms with Crippen molar-refractivity contribution >= 4 is 17.6 Å². The zero-order chi connectivity index (χ0) is 21.1. The van der Waals surface area contributed by atoms with Gasteiger partial charge < -0.3 is 25.4 Å². The van der Waals surface area contributed by atoms with Gasteiger partial charge >= 0.3 is 0 Å². The molecule has 0 aliphatic rings. The number of hydrogen-bond donors (Lipinski definition) is 3. The van der Waals surface area contributed by atoms with E-state index >= 15 is 0 Å². The van der Waals surface area contributed by atoms with Crippen LogP contribution in [0.4, 0.5) is 5.69 Å². The standard InChI is InChI=1S/C22H30N4O3/c1-5-23-22(26-18-10-11-19(29-6-2)20(15-18)28-4)25-13-12-24-21(27)17-9-7-8-16(3)14-17/h7-11,14-15H,5-6,12-13H2,1-4H3,(H,24,27)(H2,23,25,26). The highest BCUT2D eigenvalue weighted by atomic mass is 16.5. The van der Waals surface area contributed by atoms with Gasteiger partial charge in [0.1, 0.15) is 0 Å². The summed E-state index contributed by atoms with van der Waals surface area (Å²) in [7, 11) is 1.61. The van der Waals surface area contributed by atoms with Crippen LogP contribution in [-0.2, 0) is 0 Å². The number of carbonyl (C=O) groups excluding carboxylic acids is 1. The zero-order valence-electron chi connectivity index (χ0n) is 17.5. The lowest BCUT2D eigenvalue weighted by molar-refractivity contribution is 0.0954. The number of guanidine groups is 1. The van der Waals surface area contributed by atoms with Crippen LogP contribution in [0.3, 0.4) is 0 Å². The highest BCUT2D eigenvalue weighted by Gasteiger charge is 2.07. The van der Waals surface area contributed by atoms with Crippen molar-refractivity contribution in [2.24, 2.45) is 4.99 Å². The summed E-state index contributed by atoms with van der Waals surface area (Å²) in [4.78, 5) is 16.7. The molecule has 0 atom stereocenters. The summed E-state index contributed by atoms with van der Waals surface area (Å²) in [5.41, 5.74) is 2.54. The molecular weight excluding hydrogens is 368 g/mol. The minimum Gasteiger partial charge on any atom is -0.493 e. The van der Waals surface area contributed by atoms with Gasteiger partial charge in [0.25, 0.3) is 5.91 Å². The van der Waals surface area contributed by atoms with Gasteiger partial charge in [-0.3, -0.25) is 9.79 Å². The third-order valence-electron chi connectivity index (χ3n) is 4.02. The lowest BCUT2D eigenvalue weighted by Gasteiger charge is -2.14. The smallest absolute Gasteiger partial charge is 0.251 e. The molecule has 0 radical (unpaired) electrons. The van der Waals surface area contributed by atoms with E-state index in [1.807, 2.05) is 57.2 Å². The predicted octanol–water partition coefficient (Wildman–Crippen LogP) is 3.21. The Morgan fingerprint density at radius 2 is 1.90 bits per heavy atom. The van der Waals surface area contributed by atoms with Gasteiger partial charge in [0.05, 0.1) is 20.3 Å². The van der Waals surface area contributed by atoms with Crippen LogP contribution in [-0.4, -0.2) is 45.2 Å². The van der Waals surface area contributed by atoms with Gasteiger partial charge in [0.2, 0.25) is 0 Å². The number of rotatable bonds is 9. The summed E-state index contributed by atoms with van der Waals surface area (Å²) in [6.45, 7) is 8.06. The Labute approximate surface area is 172 Å². The van der Waals surface area contributed by atoms with Crippen molar-refractivity contribution in [3.63, 3.8) is 0 Å². The fraction of sp³-hybridized carbons (Fsp3) is 0.364. The Kier molecular flexibility index (Phi) is 8.82. The average Bonchev–Trinajstić information content (AvgIpc) is 2.72. The number of methoxy groups -OCH3 is 1. The number of amides is 1. The monoisotopic (exact) mass is 398 g/mol. The van der Waals surface area contributed by atoms with Crippen LogP contribution < -0.4 is 25.4 Å². The second-order valence-electron chi connectivity index (χ2n) is 6.31. The predicted molar refractivity (Wildman–Crippen MR) is 117 cm³/mol. The maximum absolute atomic E-state index is 12.2. The first kappa shape index (κ1) is 22.1. The van der Waals surface area contributed by atoms with Crippen LogP contribution in [0.25, 0.3) is 0 Å². The number of carbonyl (C=O) groups is 1. The number of nitrogens with one attached hydrogen (secondary N) is 3. The van der Waals surface area contributed by atoms with Crippen molar-refractivity contribution < 1.29 is 14.3 Å². The Morgan fingerprint density at radius 1 is 1.07 bits per heavy atom. The van der Waals surface area contributed by atoms with E-state index in [1.54, 1.807) is 13.2 Å². The van der Waals surface area contributed by atoms with Crippen molar-refractivity contribution in [2.75, 3.05) is 38.7 Å². The van der Waals surface area contributed by atoms with Crippen LogP contribution in [0.1, 0.15) is 29.8 Å². The van der Waals surface area contributed by atoms with Gasteiger partial charge in [-0.2, -0.15) is 0 Å². The van der Waals surface area contributed by atoms with Gasteiger partial charge in [-0.05, 0) is 45.0 Å². The fourth-order valence-electron chi connectivity index (χ4n) is 2.69. The average molecular weight is 399 g/mol. The molecule has 0 aliphatic carbocycles. The summed E-state index contributed by atoms with van der Waals surface area (Å²) < 4.78 is 10.9. The van der Waals surface area contributed by atoms with Gasteiger partial charge in [-0.25, -0.2) is 0 Å².